The van der Waals surface area contributed by atoms with Crippen LogP contribution in [0.3, 0.4) is 0 Å². The Bertz CT molecular complexity index is 1610. The number of halogens is 1. The van der Waals surface area contributed by atoms with E-state index in [2.05, 4.69) is 60.6 Å². The fourth-order valence-electron chi connectivity index (χ4n) is 6.52. The van der Waals surface area contributed by atoms with E-state index in [4.69, 9.17) is 22.4 Å². The molecule has 8 heteroatoms. The first-order valence-corrected chi connectivity index (χ1v) is 14.1. The summed E-state index contributed by atoms with van der Waals surface area (Å²) >= 11 is 6.43. The minimum Gasteiger partial charge on any atom is -0.383 e. The van der Waals surface area contributed by atoms with Gasteiger partial charge in [0.15, 0.2) is 5.65 Å². The third-order valence-electron chi connectivity index (χ3n) is 8.53. The smallest absolute Gasteiger partial charge is 0.164 e. The molecule has 1 saturated heterocycles. The standard InChI is InChI=1S/C30H32ClN7/c31-25-6-2-1-5-22(25)18-37-16-13-20-17-21(7-12-26(20)37)28-27-29(32)33-19-34-30(27)38(35-28)24-10-8-23(9-11-24)36-14-3-4-15-36/h1-2,5-7,12-13,16-17,19,23-24H,3-4,8-11,14-15,18H2,(H2,32,33,34). The van der Waals surface area contributed by atoms with Crippen molar-refractivity contribution < 1.29 is 0 Å². The van der Waals surface area contributed by atoms with Gasteiger partial charge >= 0.3 is 0 Å². The summed E-state index contributed by atoms with van der Waals surface area (Å²) < 4.78 is 4.36. The number of likely N-dealkylation sites (tertiary alicyclic amines) is 1. The van der Waals surface area contributed by atoms with Crippen LogP contribution >= 0.6 is 11.6 Å². The monoisotopic (exact) mass is 525 g/mol. The Labute approximate surface area is 227 Å². The number of aromatic nitrogens is 5. The van der Waals surface area contributed by atoms with Gasteiger partial charge in [0, 0.05) is 40.3 Å². The summed E-state index contributed by atoms with van der Waals surface area (Å²) in [5.74, 6) is 0.485. The first-order valence-electron chi connectivity index (χ1n) is 13.7. The fourth-order valence-corrected chi connectivity index (χ4v) is 6.72. The molecule has 0 amide bonds. The highest BCUT2D eigenvalue weighted by Crippen LogP contribution is 2.38. The van der Waals surface area contributed by atoms with Gasteiger partial charge in [0.1, 0.15) is 17.8 Å². The van der Waals surface area contributed by atoms with Crippen LogP contribution in [-0.2, 0) is 6.54 Å². The summed E-state index contributed by atoms with van der Waals surface area (Å²) in [5.41, 5.74) is 11.4. The van der Waals surface area contributed by atoms with Crippen molar-refractivity contribution in [1.82, 2.24) is 29.2 Å². The zero-order chi connectivity index (χ0) is 25.6. The van der Waals surface area contributed by atoms with Gasteiger partial charge in [0.05, 0.1) is 11.4 Å². The first-order chi connectivity index (χ1) is 18.7. The quantitative estimate of drug-likeness (QED) is 0.291. The largest absolute Gasteiger partial charge is 0.383 e. The third kappa shape index (κ3) is 4.14. The van der Waals surface area contributed by atoms with E-state index in [-0.39, 0.29) is 0 Å². The lowest BCUT2D eigenvalue weighted by Crippen LogP contribution is -2.36. The summed E-state index contributed by atoms with van der Waals surface area (Å²) in [5, 5.41) is 7.94. The highest BCUT2D eigenvalue weighted by molar-refractivity contribution is 6.31. The van der Waals surface area contributed by atoms with Gasteiger partial charge in [-0.15, -0.1) is 0 Å². The molecular weight excluding hydrogens is 494 g/mol. The van der Waals surface area contributed by atoms with Crippen molar-refractivity contribution >= 4 is 39.4 Å². The molecule has 0 bridgehead atoms. The number of anilines is 1. The second-order valence-electron chi connectivity index (χ2n) is 10.8. The maximum absolute atomic E-state index is 6.43. The van der Waals surface area contributed by atoms with E-state index in [1.54, 1.807) is 6.33 Å². The zero-order valence-corrected chi connectivity index (χ0v) is 22.2. The van der Waals surface area contributed by atoms with Crippen molar-refractivity contribution in [2.45, 2.75) is 57.2 Å². The van der Waals surface area contributed by atoms with E-state index in [1.807, 2.05) is 18.2 Å². The SMILES string of the molecule is Nc1ncnc2c1c(-c1ccc3c(ccn3Cc3ccccc3Cl)c1)nn2C1CCC(N2CCCC2)CC1. The predicted molar refractivity (Wildman–Crippen MR) is 153 cm³/mol. The molecule has 4 heterocycles. The van der Waals surface area contributed by atoms with Crippen molar-refractivity contribution in [1.29, 1.82) is 0 Å². The van der Waals surface area contributed by atoms with Gasteiger partial charge in [-0.1, -0.05) is 35.9 Å². The second-order valence-corrected chi connectivity index (χ2v) is 11.2. The number of hydrogen-bond donors (Lipinski definition) is 1. The van der Waals surface area contributed by atoms with Crippen LogP contribution in [0.15, 0.2) is 61.1 Å². The van der Waals surface area contributed by atoms with Gasteiger partial charge in [0.2, 0.25) is 0 Å². The molecule has 0 spiro atoms. The lowest BCUT2D eigenvalue weighted by molar-refractivity contribution is 0.163. The molecule has 194 valence electrons. The lowest BCUT2D eigenvalue weighted by Gasteiger charge is -2.34. The number of benzene rings is 2. The molecule has 0 radical (unpaired) electrons. The summed E-state index contributed by atoms with van der Waals surface area (Å²) in [6.45, 7) is 3.24. The Morgan fingerprint density at radius 1 is 0.921 bits per heavy atom. The molecule has 1 aliphatic heterocycles. The minimum absolute atomic E-state index is 0.333. The van der Waals surface area contributed by atoms with Crippen molar-refractivity contribution in [3.05, 3.63) is 71.6 Å². The zero-order valence-electron chi connectivity index (χ0n) is 21.4. The molecule has 5 aromatic rings. The Balaban J connectivity index is 1.22. The predicted octanol–water partition coefficient (Wildman–Crippen LogP) is 6.31. The Morgan fingerprint density at radius 2 is 1.71 bits per heavy atom. The van der Waals surface area contributed by atoms with E-state index < -0.39 is 0 Å². The van der Waals surface area contributed by atoms with Crippen molar-refractivity contribution in [2.75, 3.05) is 18.8 Å². The van der Waals surface area contributed by atoms with Crippen LogP contribution in [0.5, 0.6) is 0 Å². The molecule has 7 rings (SSSR count). The first kappa shape index (κ1) is 23.7. The van der Waals surface area contributed by atoms with Crippen LogP contribution in [0.1, 0.15) is 50.1 Å². The van der Waals surface area contributed by atoms with Gasteiger partial charge < -0.3 is 15.2 Å². The molecule has 2 aliphatic rings. The highest BCUT2D eigenvalue weighted by Gasteiger charge is 2.30. The number of nitrogens with two attached hydrogens (primary N) is 1. The highest BCUT2D eigenvalue weighted by atomic mass is 35.5. The third-order valence-corrected chi connectivity index (χ3v) is 8.90. The van der Waals surface area contributed by atoms with Gasteiger partial charge in [-0.25, -0.2) is 14.6 Å². The van der Waals surface area contributed by atoms with E-state index in [0.717, 1.165) is 63.2 Å². The molecule has 0 unspecified atom stereocenters. The number of fused-ring (bicyclic) bond motifs is 2. The number of nitrogens with zero attached hydrogens (tertiary/aromatic N) is 6. The van der Waals surface area contributed by atoms with Crippen molar-refractivity contribution in [2.24, 2.45) is 0 Å². The van der Waals surface area contributed by atoms with Gasteiger partial charge in [0.25, 0.3) is 0 Å². The molecule has 0 atom stereocenters. The van der Waals surface area contributed by atoms with Crippen LogP contribution < -0.4 is 5.73 Å². The molecule has 1 aliphatic carbocycles. The van der Waals surface area contributed by atoms with E-state index in [1.165, 1.54) is 38.8 Å². The molecule has 7 nitrogen and oxygen atoms in total. The van der Waals surface area contributed by atoms with Crippen molar-refractivity contribution in [3.8, 4) is 11.3 Å². The summed E-state index contributed by atoms with van der Waals surface area (Å²) in [6.07, 6.45) is 11.0. The molecule has 1 saturated carbocycles. The molecular formula is C30H32ClN7. The van der Waals surface area contributed by atoms with Crippen LogP contribution in [0.25, 0.3) is 33.2 Å². The topological polar surface area (TPSA) is 77.8 Å². The Kier molecular flexibility index (Phi) is 6.05. The molecule has 2 aromatic carbocycles. The maximum Gasteiger partial charge on any atom is 0.164 e. The maximum atomic E-state index is 6.43. The average Bonchev–Trinajstić information content (AvgIpc) is 3.70. The van der Waals surface area contributed by atoms with Crippen molar-refractivity contribution in [3.63, 3.8) is 0 Å². The number of hydrogen-bond acceptors (Lipinski definition) is 5. The molecule has 38 heavy (non-hydrogen) atoms. The van der Waals surface area contributed by atoms with E-state index in [9.17, 15) is 0 Å². The van der Waals surface area contributed by atoms with Gasteiger partial charge in [-0.3, -0.25) is 0 Å². The average molecular weight is 526 g/mol. The Hall–Kier alpha value is -3.42. The van der Waals surface area contributed by atoms with Crippen LogP contribution in [-0.4, -0.2) is 48.3 Å². The van der Waals surface area contributed by atoms with Gasteiger partial charge in [-0.05, 0) is 81.4 Å². The lowest BCUT2D eigenvalue weighted by atomic mass is 9.90. The molecule has 2 N–H and O–H groups in total. The van der Waals surface area contributed by atoms with Crippen LogP contribution in [0, 0.1) is 0 Å². The van der Waals surface area contributed by atoms with Crippen LogP contribution in [0.4, 0.5) is 5.82 Å². The normalized spacial score (nSPS) is 20.6. The summed E-state index contributed by atoms with van der Waals surface area (Å²) in [6, 6.07) is 17.7. The van der Waals surface area contributed by atoms with E-state index in [0.29, 0.717) is 17.9 Å². The molecule has 3 aromatic heterocycles. The minimum atomic E-state index is 0.333. The summed E-state index contributed by atoms with van der Waals surface area (Å²) in [4.78, 5) is 11.7. The Morgan fingerprint density at radius 3 is 2.53 bits per heavy atom. The second kappa shape index (κ2) is 9.71. The number of nitrogen functional groups attached to an aromatic ring is 1. The summed E-state index contributed by atoms with van der Waals surface area (Å²) in [7, 11) is 0. The molecule has 2 fully saturated rings. The van der Waals surface area contributed by atoms with Crippen LogP contribution in [0.2, 0.25) is 5.02 Å². The van der Waals surface area contributed by atoms with Gasteiger partial charge in [-0.2, -0.15) is 5.10 Å². The fraction of sp³-hybridized carbons (Fsp3) is 0.367. The van der Waals surface area contributed by atoms with E-state index >= 15 is 0 Å². The number of rotatable bonds is 5.